The molecule has 0 aromatic carbocycles. The number of H-pyrrole nitrogens is 1. The molecule has 1 N–H and O–H groups in total. The monoisotopic (exact) mass is 204 g/mol. The van der Waals surface area contributed by atoms with Gasteiger partial charge in [0.05, 0.1) is 0 Å². The lowest BCUT2D eigenvalue weighted by atomic mass is 10.1. The normalized spacial score (nSPS) is 17.6. The average Bonchev–Trinajstić information content (AvgIpc) is 2.36. The number of nitrogens with zero attached hydrogens (tertiary/aromatic N) is 1. The Hall–Kier alpha value is -1.00. The van der Waals surface area contributed by atoms with E-state index in [1.165, 1.54) is 0 Å². The van der Waals surface area contributed by atoms with E-state index < -0.39 is 11.9 Å². The first kappa shape index (κ1) is 9.55. The van der Waals surface area contributed by atoms with Crippen molar-refractivity contribution in [3.8, 4) is 0 Å². The molecular weight excluding hydrogens is 193 g/mol. The summed E-state index contributed by atoms with van der Waals surface area (Å²) in [4.78, 5) is 0. The fraction of sp³-hybridized carbons (Fsp3) is 0.667. The van der Waals surface area contributed by atoms with Gasteiger partial charge >= 0.3 is 6.18 Å². The SMILES string of the molecule is FC(F)(F)c1n[nH]c2c1CCCCC2. The number of halogens is 3. The molecule has 1 heterocycles. The van der Waals surface area contributed by atoms with Crippen LogP contribution in [0.4, 0.5) is 13.2 Å². The third-order valence-corrected chi connectivity index (χ3v) is 2.57. The van der Waals surface area contributed by atoms with Crippen LogP contribution in [0.2, 0.25) is 0 Å². The number of alkyl halides is 3. The first-order valence-electron chi connectivity index (χ1n) is 4.72. The largest absolute Gasteiger partial charge is 0.435 e. The molecule has 2 nitrogen and oxygen atoms in total. The number of hydrogen-bond donors (Lipinski definition) is 1. The van der Waals surface area contributed by atoms with Gasteiger partial charge in [-0.15, -0.1) is 0 Å². The quantitative estimate of drug-likeness (QED) is 0.646. The van der Waals surface area contributed by atoms with E-state index in [9.17, 15) is 13.2 Å². The second kappa shape index (κ2) is 3.29. The zero-order chi connectivity index (χ0) is 10.2. The van der Waals surface area contributed by atoms with Gasteiger partial charge in [-0.2, -0.15) is 18.3 Å². The van der Waals surface area contributed by atoms with Gasteiger partial charge in [-0.05, 0) is 25.7 Å². The van der Waals surface area contributed by atoms with Crippen molar-refractivity contribution in [2.75, 3.05) is 0 Å². The van der Waals surface area contributed by atoms with Gasteiger partial charge in [-0.25, -0.2) is 0 Å². The van der Waals surface area contributed by atoms with E-state index in [4.69, 9.17) is 0 Å². The summed E-state index contributed by atoms with van der Waals surface area (Å²) in [6.45, 7) is 0. The topological polar surface area (TPSA) is 28.7 Å². The minimum Gasteiger partial charge on any atom is -0.282 e. The van der Waals surface area contributed by atoms with Crippen LogP contribution in [0.15, 0.2) is 0 Å². The van der Waals surface area contributed by atoms with Gasteiger partial charge in [0.15, 0.2) is 5.69 Å². The Bertz CT molecular complexity index is 327. The molecule has 0 unspecified atom stereocenters. The number of aromatic nitrogens is 2. The number of rotatable bonds is 0. The highest BCUT2D eigenvalue weighted by Gasteiger charge is 2.37. The molecule has 0 fully saturated rings. The lowest BCUT2D eigenvalue weighted by Gasteiger charge is -2.05. The van der Waals surface area contributed by atoms with Crippen LogP contribution >= 0.6 is 0 Å². The Morgan fingerprint density at radius 3 is 2.50 bits per heavy atom. The summed E-state index contributed by atoms with van der Waals surface area (Å²) in [6.07, 6.45) is -0.338. The Balaban J connectivity index is 2.39. The molecule has 0 bridgehead atoms. The first-order chi connectivity index (χ1) is 6.59. The Morgan fingerprint density at radius 2 is 1.79 bits per heavy atom. The van der Waals surface area contributed by atoms with E-state index in [1.54, 1.807) is 0 Å². The summed E-state index contributed by atoms with van der Waals surface area (Å²) in [5.41, 5.74) is 0.347. The van der Waals surface area contributed by atoms with E-state index in [0.717, 1.165) is 19.3 Å². The van der Waals surface area contributed by atoms with Gasteiger partial charge in [0.2, 0.25) is 0 Å². The number of aromatic amines is 1. The van der Waals surface area contributed by atoms with Crippen LogP contribution in [0.1, 0.15) is 36.2 Å². The van der Waals surface area contributed by atoms with Crippen molar-refractivity contribution in [2.24, 2.45) is 0 Å². The van der Waals surface area contributed by atoms with Crippen molar-refractivity contribution in [1.29, 1.82) is 0 Å². The summed E-state index contributed by atoms with van der Waals surface area (Å²) in [7, 11) is 0. The molecule has 78 valence electrons. The minimum atomic E-state index is -4.31. The molecule has 0 saturated heterocycles. The van der Waals surface area contributed by atoms with Crippen LogP contribution in [0.3, 0.4) is 0 Å². The standard InChI is InChI=1S/C9H11F3N2/c10-9(11,12)8-6-4-2-1-3-5-7(6)13-14-8/h1-5H2,(H,13,14). The summed E-state index contributed by atoms with van der Waals surface area (Å²) in [5.74, 6) is 0. The molecule has 0 amide bonds. The molecular formula is C9H11F3N2. The van der Waals surface area contributed by atoms with Gasteiger partial charge < -0.3 is 0 Å². The fourth-order valence-electron chi connectivity index (χ4n) is 1.89. The molecule has 1 aromatic rings. The molecule has 0 spiro atoms. The summed E-state index contributed by atoms with van der Waals surface area (Å²) in [6, 6.07) is 0. The van der Waals surface area contributed by atoms with Gasteiger partial charge in [-0.1, -0.05) is 6.42 Å². The highest BCUT2D eigenvalue weighted by Crippen LogP contribution is 2.33. The van der Waals surface area contributed by atoms with Crippen molar-refractivity contribution in [3.63, 3.8) is 0 Å². The van der Waals surface area contributed by atoms with E-state index in [0.29, 0.717) is 24.1 Å². The van der Waals surface area contributed by atoms with Crippen molar-refractivity contribution >= 4 is 0 Å². The summed E-state index contributed by atoms with van der Waals surface area (Å²) in [5, 5.41) is 5.86. The molecule has 1 aliphatic rings. The third-order valence-electron chi connectivity index (χ3n) is 2.57. The second-order valence-electron chi connectivity index (χ2n) is 3.59. The minimum absolute atomic E-state index is 0.384. The molecule has 1 aliphatic carbocycles. The Kier molecular flexibility index (Phi) is 2.25. The van der Waals surface area contributed by atoms with Crippen LogP contribution in [-0.2, 0) is 19.0 Å². The zero-order valence-corrected chi connectivity index (χ0v) is 7.62. The molecule has 1 aromatic heterocycles. The van der Waals surface area contributed by atoms with E-state index in [1.807, 2.05) is 0 Å². The maximum Gasteiger partial charge on any atom is 0.435 e. The Morgan fingerprint density at radius 1 is 1.07 bits per heavy atom. The van der Waals surface area contributed by atoms with Gasteiger partial charge in [0.25, 0.3) is 0 Å². The van der Waals surface area contributed by atoms with Crippen molar-refractivity contribution < 1.29 is 13.2 Å². The fourth-order valence-corrected chi connectivity index (χ4v) is 1.89. The number of aryl methyl sites for hydroxylation is 1. The predicted octanol–water partition coefficient (Wildman–Crippen LogP) is 2.70. The summed E-state index contributed by atoms with van der Waals surface area (Å²) < 4.78 is 37.4. The number of nitrogens with one attached hydrogen (secondary N) is 1. The number of fused-ring (bicyclic) bond motifs is 1. The van der Waals surface area contributed by atoms with Crippen molar-refractivity contribution in [2.45, 2.75) is 38.3 Å². The van der Waals surface area contributed by atoms with Gasteiger partial charge in [0, 0.05) is 11.3 Å². The van der Waals surface area contributed by atoms with Crippen LogP contribution in [0, 0.1) is 0 Å². The Labute approximate surface area is 79.5 Å². The molecule has 5 heteroatoms. The maximum absolute atomic E-state index is 12.5. The molecule has 14 heavy (non-hydrogen) atoms. The second-order valence-corrected chi connectivity index (χ2v) is 3.59. The average molecular weight is 204 g/mol. The van der Waals surface area contributed by atoms with E-state index in [2.05, 4.69) is 10.2 Å². The van der Waals surface area contributed by atoms with Crippen LogP contribution < -0.4 is 0 Å². The number of hydrogen-bond acceptors (Lipinski definition) is 1. The van der Waals surface area contributed by atoms with Crippen LogP contribution in [0.25, 0.3) is 0 Å². The maximum atomic E-state index is 12.5. The summed E-state index contributed by atoms with van der Waals surface area (Å²) >= 11 is 0. The zero-order valence-electron chi connectivity index (χ0n) is 7.62. The van der Waals surface area contributed by atoms with Gasteiger partial charge in [0.1, 0.15) is 0 Å². The van der Waals surface area contributed by atoms with Crippen molar-refractivity contribution in [3.05, 3.63) is 17.0 Å². The third kappa shape index (κ3) is 1.63. The van der Waals surface area contributed by atoms with Crippen LogP contribution in [0.5, 0.6) is 0 Å². The molecule has 0 saturated carbocycles. The highest BCUT2D eigenvalue weighted by molar-refractivity contribution is 5.28. The lowest BCUT2D eigenvalue weighted by molar-refractivity contribution is -0.141. The smallest absolute Gasteiger partial charge is 0.282 e. The predicted molar refractivity (Wildman–Crippen MR) is 44.8 cm³/mol. The molecule has 0 aliphatic heterocycles. The lowest BCUT2D eigenvalue weighted by Crippen LogP contribution is -2.09. The van der Waals surface area contributed by atoms with Crippen molar-refractivity contribution in [1.82, 2.24) is 10.2 Å². The van der Waals surface area contributed by atoms with Gasteiger partial charge in [-0.3, -0.25) is 5.10 Å². The van der Waals surface area contributed by atoms with E-state index >= 15 is 0 Å². The van der Waals surface area contributed by atoms with Crippen LogP contribution in [-0.4, -0.2) is 10.2 Å². The highest BCUT2D eigenvalue weighted by atomic mass is 19.4. The first-order valence-corrected chi connectivity index (χ1v) is 4.72. The molecule has 0 atom stereocenters. The van der Waals surface area contributed by atoms with E-state index in [-0.39, 0.29) is 0 Å². The molecule has 0 radical (unpaired) electrons. The molecule has 2 rings (SSSR count).